The summed E-state index contributed by atoms with van der Waals surface area (Å²) in [4.78, 5) is 17.7. The second kappa shape index (κ2) is 12.5. The lowest BCUT2D eigenvalue weighted by atomic mass is 9.84. The van der Waals surface area contributed by atoms with Crippen LogP contribution in [-0.2, 0) is 12.0 Å². The molecule has 42 heavy (non-hydrogen) atoms. The minimum Gasteiger partial charge on any atom is -0.494 e. The van der Waals surface area contributed by atoms with Crippen molar-refractivity contribution >= 4 is 17.3 Å². The van der Waals surface area contributed by atoms with E-state index in [4.69, 9.17) is 9.47 Å². The number of halogens is 4. The first-order valence-corrected chi connectivity index (χ1v) is 13.1. The monoisotopic (exact) mass is 581 g/mol. The fourth-order valence-electron chi connectivity index (χ4n) is 4.30. The van der Waals surface area contributed by atoms with Gasteiger partial charge in [-0.3, -0.25) is 4.79 Å². The number of nitrogens with one attached hydrogen (secondary N) is 2. The minimum atomic E-state index is -4.52. The van der Waals surface area contributed by atoms with E-state index in [-0.39, 0.29) is 11.3 Å². The summed E-state index contributed by atoms with van der Waals surface area (Å²) < 4.78 is 64.0. The topological polar surface area (TPSA) is 72.5 Å². The van der Waals surface area contributed by atoms with Gasteiger partial charge in [-0.25, -0.2) is 9.37 Å². The van der Waals surface area contributed by atoms with Crippen LogP contribution < -0.4 is 20.1 Å². The highest BCUT2D eigenvalue weighted by Crippen LogP contribution is 2.42. The fraction of sp³-hybridized carbons (Fsp3) is 0.250. The first-order chi connectivity index (χ1) is 19.9. The van der Waals surface area contributed by atoms with Crippen molar-refractivity contribution in [2.75, 3.05) is 24.3 Å². The molecule has 0 aliphatic rings. The third-order valence-corrected chi connectivity index (χ3v) is 6.36. The van der Waals surface area contributed by atoms with E-state index in [0.717, 1.165) is 23.3 Å². The molecule has 4 rings (SSSR count). The molecule has 3 aromatic carbocycles. The van der Waals surface area contributed by atoms with Crippen LogP contribution in [-0.4, -0.2) is 30.7 Å². The van der Waals surface area contributed by atoms with E-state index in [1.54, 1.807) is 18.3 Å². The van der Waals surface area contributed by atoms with Crippen LogP contribution in [0.5, 0.6) is 11.6 Å². The highest BCUT2D eigenvalue weighted by molar-refractivity contribution is 6.06. The first kappa shape index (κ1) is 30.4. The van der Waals surface area contributed by atoms with Crippen LogP contribution >= 0.6 is 0 Å². The Morgan fingerprint density at radius 2 is 1.67 bits per heavy atom. The molecule has 6 nitrogen and oxygen atoms in total. The number of ether oxygens (including phenoxy) is 2. The van der Waals surface area contributed by atoms with Gasteiger partial charge in [-0.1, -0.05) is 51.1 Å². The van der Waals surface area contributed by atoms with Gasteiger partial charge in [0, 0.05) is 22.9 Å². The van der Waals surface area contributed by atoms with Crippen molar-refractivity contribution in [1.82, 2.24) is 4.98 Å². The van der Waals surface area contributed by atoms with Gasteiger partial charge in [-0.2, -0.15) is 13.2 Å². The summed E-state index contributed by atoms with van der Waals surface area (Å²) in [6, 6.07) is 20.2. The number of carbonyl (C=O) groups is 1. The standard InChI is InChI=1S/C32H31F4N3O3/c1-31(2,3)24-15-22(23-11-8-14-37-30(23)42-18-20-9-6-5-7-10-20)17-27(28(24)41-4)39-29(40)21-12-13-26(25(33)16-21)38-19-32(34,35)36/h5-17,38H,18-19H2,1-4H3,(H,39,40). The van der Waals surface area contributed by atoms with E-state index in [1.165, 1.54) is 13.2 Å². The van der Waals surface area contributed by atoms with Gasteiger partial charge < -0.3 is 20.1 Å². The Morgan fingerprint density at radius 3 is 2.31 bits per heavy atom. The van der Waals surface area contributed by atoms with Crippen molar-refractivity contribution in [1.29, 1.82) is 0 Å². The molecule has 0 unspecified atom stereocenters. The number of rotatable bonds is 9. The second-order valence-corrected chi connectivity index (χ2v) is 10.6. The lowest BCUT2D eigenvalue weighted by Gasteiger charge is -2.26. The lowest BCUT2D eigenvalue weighted by molar-refractivity contribution is -0.115. The van der Waals surface area contributed by atoms with Crippen molar-refractivity contribution < 1.29 is 31.8 Å². The Morgan fingerprint density at radius 1 is 0.929 bits per heavy atom. The fourth-order valence-corrected chi connectivity index (χ4v) is 4.30. The van der Waals surface area contributed by atoms with Crippen LogP contribution in [0.15, 0.2) is 79.0 Å². The average Bonchev–Trinajstić information content (AvgIpc) is 2.94. The molecule has 0 radical (unpaired) electrons. The number of aromatic nitrogens is 1. The Bertz CT molecular complexity index is 1550. The molecule has 0 atom stereocenters. The van der Waals surface area contributed by atoms with Gasteiger partial charge in [0.2, 0.25) is 5.88 Å². The molecule has 0 fully saturated rings. The van der Waals surface area contributed by atoms with Crippen LogP contribution in [0.2, 0.25) is 0 Å². The third-order valence-electron chi connectivity index (χ3n) is 6.36. The maximum atomic E-state index is 14.6. The van der Waals surface area contributed by atoms with Gasteiger partial charge in [0.1, 0.15) is 24.7 Å². The zero-order valence-electron chi connectivity index (χ0n) is 23.6. The number of carbonyl (C=O) groups excluding carboxylic acids is 1. The number of pyridine rings is 1. The number of benzene rings is 3. The molecule has 2 N–H and O–H groups in total. The van der Waals surface area contributed by atoms with Gasteiger partial charge in [0.05, 0.1) is 18.5 Å². The predicted molar refractivity (Wildman–Crippen MR) is 155 cm³/mol. The Hall–Kier alpha value is -4.60. The molecule has 0 aliphatic heterocycles. The summed E-state index contributed by atoms with van der Waals surface area (Å²) in [5, 5.41) is 4.78. The highest BCUT2D eigenvalue weighted by atomic mass is 19.4. The van der Waals surface area contributed by atoms with Crippen LogP contribution in [0.4, 0.5) is 28.9 Å². The Balaban J connectivity index is 1.69. The highest BCUT2D eigenvalue weighted by Gasteiger charge is 2.28. The number of amides is 1. The normalized spacial score (nSPS) is 11.6. The van der Waals surface area contributed by atoms with Gasteiger partial charge in [0.25, 0.3) is 5.91 Å². The molecule has 0 aliphatic carbocycles. The van der Waals surface area contributed by atoms with Crippen molar-refractivity contribution in [3.63, 3.8) is 0 Å². The molecule has 10 heteroatoms. The van der Waals surface area contributed by atoms with Gasteiger partial charge >= 0.3 is 6.18 Å². The van der Waals surface area contributed by atoms with Crippen LogP contribution in [0.25, 0.3) is 11.1 Å². The van der Waals surface area contributed by atoms with Crippen molar-refractivity contribution in [3.05, 3.63) is 102 Å². The van der Waals surface area contributed by atoms with Crippen LogP contribution in [0.3, 0.4) is 0 Å². The van der Waals surface area contributed by atoms with E-state index in [1.807, 2.05) is 68.6 Å². The molecule has 0 saturated carbocycles. The summed E-state index contributed by atoms with van der Waals surface area (Å²) in [5.74, 6) is -0.844. The number of nitrogens with zero attached hydrogens (tertiary/aromatic N) is 1. The average molecular weight is 582 g/mol. The van der Waals surface area contributed by atoms with E-state index in [2.05, 4.69) is 10.3 Å². The molecule has 0 spiro atoms. The van der Waals surface area contributed by atoms with E-state index in [9.17, 15) is 22.4 Å². The lowest BCUT2D eigenvalue weighted by Crippen LogP contribution is -2.22. The van der Waals surface area contributed by atoms with Crippen LogP contribution in [0.1, 0.15) is 42.3 Å². The second-order valence-electron chi connectivity index (χ2n) is 10.6. The Kier molecular flexibility index (Phi) is 9.04. The first-order valence-electron chi connectivity index (χ1n) is 13.1. The molecule has 0 bridgehead atoms. The van der Waals surface area contributed by atoms with Crippen molar-refractivity contribution in [3.8, 4) is 22.8 Å². The van der Waals surface area contributed by atoms with Gasteiger partial charge in [-0.15, -0.1) is 0 Å². The molecular formula is C32H31F4N3O3. The third kappa shape index (κ3) is 7.57. The summed E-state index contributed by atoms with van der Waals surface area (Å²) in [5.41, 5.74) is 2.61. The number of methoxy groups -OCH3 is 1. The van der Waals surface area contributed by atoms with Gasteiger partial charge in [0.15, 0.2) is 0 Å². The SMILES string of the molecule is COc1c(NC(=O)c2ccc(NCC(F)(F)F)c(F)c2)cc(-c2cccnc2OCc2ccccc2)cc1C(C)(C)C. The molecule has 220 valence electrons. The minimum absolute atomic E-state index is 0.0805. The molecule has 0 saturated heterocycles. The summed E-state index contributed by atoms with van der Waals surface area (Å²) in [7, 11) is 1.49. The molecule has 1 amide bonds. The maximum Gasteiger partial charge on any atom is 0.405 e. The van der Waals surface area contributed by atoms with E-state index in [0.29, 0.717) is 35.1 Å². The smallest absolute Gasteiger partial charge is 0.405 e. The largest absolute Gasteiger partial charge is 0.494 e. The van der Waals surface area contributed by atoms with E-state index < -0.39 is 29.9 Å². The molecule has 1 aromatic heterocycles. The van der Waals surface area contributed by atoms with E-state index >= 15 is 0 Å². The molecular weight excluding hydrogens is 550 g/mol. The maximum absolute atomic E-state index is 14.6. The van der Waals surface area contributed by atoms with Crippen molar-refractivity contribution in [2.45, 2.75) is 39.0 Å². The molecule has 1 heterocycles. The summed E-state index contributed by atoms with van der Waals surface area (Å²) in [6.45, 7) is 4.89. The number of anilines is 2. The predicted octanol–water partition coefficient (Wildman–Crippen LogP) is 8.00. The summed E-state index contributed by atoms with van der Waals surface area (Å²) >= 11 is 0. The zero-order chi connectivity index (χ0) is 30.5. The number of hydrogen-bond donors (Lipinski definition) is 2. The van der Waals surface area contributed by atoms with Crippen LogP contribution in [0, 0.1) is 5.82 Å². The Labute approximate surface area is 241 Å². The van der Waals surface area contributed by atoms with Crippen molar-refractivity contribution in [2.24, 2.45) is 0 Å². The number of hydrogen-bond acceptors (Lipinski definition) is 5. The molecule has 4 aromatic rings. The zero-order valence-corrected chi connectivity index (χ0v) is 23.6. The quantitative estimate of drug-likeness (QED) is 0.196. The van der Waals surface area contributed by atoms with Gasteiger partial charge in [-0.05, 0) is 59.0 Å². The number of alkyl halides is 3. The summed E-state index contributed by atoms with van der Waals surface area (Å²) in [6.07, 6.45) is -2.89.